The predicted molar refractivity (Wildman–Crippen MR) is 118 cm³/mol. The average Bonchev–Trinajstić information content (AvgIpc) is 3.01. The van der Waals surface area contributed by atoms with Gasteiger partial charge in [-0.1, -0.05) is 0 Å². The molecular weight excluding hydrogens is 430 g/mol. The van der Waals surface area contributed by atoms with E-state index in [4.69, 9.17) is 0 Å². The minimum absolute atomic E-state index is 0. The van der Waals surface area contributed by atoms with Crippen molar-refractivity contribution in [1.29, 1.82) is 0 Å². The maximum absolute atomic E-state index is 2.39. The molecule has 1 unspecified atom stereocenters. The van der Waals surface area contributed by atoms with Crippen LogP contribution in [-0.4, -0.2) is 0 Å². The molecule has 0 amide bonds. The van der Waals surface area contributed by atoms with Crippen molar-refractivity contribution in [3.8, 4) is 0 Å². The summed E-state index contributed by atoms with van der Waals surface area (Å²) >= 11 is 2.37. The molecule has 0 radical (unpaired) electrons. The summed E-state index contributed by atoms with van der Waals surface area (Å²) in [5.41, 5.74) is 5.29. The molecule has 0 nitrogen and oxygen atoms in total. The monoisotopic (exact) mass is 451 g/mol. The Morgan fingerprint density at radius 1 is 0.667 bits per heavy atom. The second kappa shape index (κ2) is 9.46. The standard InChI is InChI=1S/C23H19.3ClH.Ti/c1-23(19-11-4-2-5-12-19,20-13-6-3-7-14-20)22-17-16-18-10-8-9-15-21(18)22;;;;/h2-17H,1H3;3*1H;. The third-order valence-corrected chi connectivity index (χ3v) is 6.85. The number of rotatable bonds is 3. The van der Waals surface area contributed by atoms with E-state index in [0.717, 1.165) is 0 Å². The van der Waals surface area contributed by atoms with Crippen LogP contribution in [0.5, 0.6) is 0 Å². The second-order valence-corrected chi connectivity index (χ2v) is 7.82. The van der Waals surface area contributed by atoms with Gasteiger partial charge in [0.25, 0.3) is 0 Å². The zero-order valence-electron chi connectivity index (χ0n) is 15.0. The smallest absolute Gasteiger partial charge is 0.147 e. The summed E-state index contributed by atoms with van der Waals surface area (Å²) in [5.74, 6) is 0. The Morgan fingerprint density at radius 2 is 1.11 bits per heavy atom. The summed E-state index contributed by atoms with van der Waals surface area (Å²) in [6.45, 7) is 2.38. The first-order valence-electron chi connectivity index (χ1n) is 8.31. The van der Waals surface area contributed by atoms with Crippen LogP contribution in [0.3, 0.4) is 0 Å². The molecule has 3 aromatic carbocycles. The van der Waals surface area contributed by atoms with E-state index in [9.17, 15) is 0 Å². The van der Waals surface area contributed by atoms with E-state index in [1.54, 1.807) is 0 Å². The minimum Gasteiger partial charge on any atom is -0.147 e. The van der Waals surface area contributed by atoms with Crippen LogP contribution in [0.15, 0.2) is 91.0 Å². The fraction of sp³-hybridized carbons (Fsp3) is 0.130. The Labute approximate surface area is 192 Å². The molecule has 0 spiro atoms. The summed E-state index contributed by atoms with van der Waals surface area (Å²) in [4.78, 5) is 0. The van der Waals surface area contributed by atoms with Crippen LogP contribution in [0.1, 0.15) is 29.2 Å². The maximum atomic E-state index is 2.39. The fourth-order valence-corrected chi connectivity index (χ4v) is 4.84. The van der Waals surface area contributed by atoms with E-state index in [2.05, 4.69) is 124 Å². The van der Waals surface area contributed by atoms with Gasteiger partial charge in [-0.3, -0.25) is 0 Å². The molecule has 1 atom stereocenters. The van der Waals surface area contributed by atoms with Crippen molar-refractivity contribution in [3.63, 3.8) is 0 Å². The Morgan fingerprint density at radius 3 is 1.63 bits per heavy atom. The van der Waals surface area contributed by atoms with Crippen molar-refractivity contribution in [3.05, 3.63) is 113 Å². The maximum Gasteiger partial charge on any atom is -0.147 e. The Bertz CT molecular complexity index is 854. The fourth-order valence-electron chi connectivity index (χ4n) is 3.91. The first-order valence-corrected chi connectivity index (χ1v) is 9.09. The van der Waals surface area contributed by atoms with Crippen LogP contribution in [-0.2, 0) is 29.6 Å². The molecule has 0 N–H and O–H groups in total. The van der Waals surface area contributed by atoms with E-state index in [0.29, 0.717) is 0 Å². The molecule has 139 valence electrons. The molecule has 0 saturated heterocycles. The predicted octanol–water partition coefficient (Wildman–Crippen LogP) is 6.73. The Balaban J connectivity index is 0.00000121. The molecule has 0 heterocycles. The summed E-state index contributed by atoms with van der Waals surface area (Å²) in [5, 5.41) is 0. The van der Waals surface area contributed by atoms with Gasteiger partial charge >= 0.3 is 156 Å². The zero-order valence-corrected chi connectivity index (χ0v) is 19.0. The van der Waals surface area contributed by atoms with Gasteiger partial charge in [0.2, 0.25) is 0 Å². The third kappa shape index (κ3) is 3.79. The molecule has 3 aromatic rings. The van der Waals surface area contributed by atoms with E-state index in [-0.39, 0.29) is 46.4 Å². The number of allylic oxidation sites excluding steroid dienone is 1. The second-order valence-electron chi connectivity index (χ2n) is 6.59. The normalized spacial score (nSPS) is 17.0. The molecule has 0 fully saturated rings. The SMILES string of the molecule is CC(c1ccccc1)(c1ccccc1)[C]1([Ti])C=Cc2ccccc21.Cl.Cl.Cl. The van der Waals surface area contributed by atoms with Crippen LogP contribution in [0.4, 0.5) is 0 Å². The number of halogens is 3. The molecule has 4 rings (SSSR count). The van der Waals surface area contributed by atoms with Gasteiger partial charge in [-0.05, 0) is 0 Å². The van der Waals surface area contributed by atoms with Crippen molar-refractivity contribution in [1.82, 2.24) is 0 Å². The number of fused-ring (bicyclic) bond motifs is 1. The summed E-state index contributed by atoms with van der Waals surface area (Å²) in [6, 6.07) is 30.6. The van der Waals surface area contributed by atoms with Gasteiger partial charge in [0.05, 0.1) is 0 Å². The van der Waals surface area contributed by atoms with Gasteiger partial charge in [0, 0.05) is 0 Å². The quantitative estimate of drug-likeness (QED) is 0.387. The van der Waals surface area contributed by atoms with E-state index < -0.39 is 0 Å². The van der Waals surface area contributed by atoms with Gasteiger partial charge in [-0.15, -0.1) is 37.2 Å². The van der Waals surface area contributed by atoms with E-state index >= 15 is 0 Å². The number of hydrogen-bond acceptors (Lipinski definition) is 0. The molecule has 0 saturated carbocycles. The topological polar surface area (TPSA) is 0 Å². The first-order chi connectivity index (χ1) is 11.7. The van der Waals surface area contributed by atoms with Crippen molar-refractivity contribution in [2.75, 3.05) is 0 Å². The van der Waals surface area contributed by atoms with Crippen LogP contribution < -0.4 is 0 Å². The van der Waals surface area contributed by atoms with Crippen molar-refractivity contribution >= 4 is 43.3 Å². The number of hydrogen-bond donors (Lipinski definition) is 0. The first kappa shape index (κ1) is 24.0. The largest absolute Gasteiger partial charge is 0.147 e. The molecule has 1 aliphatic carbocycles. The van der Waals surface area contributed by atoms with Crippen molar-refractivity contribution in [2.24, 2.45) is 0 Å². The summed E-state index contributed by atoms with van der Waals surface area (Å²) < 4.78 is -0.0910. The van der Waals surface area contributed by atoms with Crippen molar-refractivity contribution in [2.45, 2.75) is 16.1 Å². The Kier molecular flexibility index (Phi) is 8.41. The average molecular weight is 453 g/mol. The van der Waals surface area contributed by atoms with Gasteiger partial charge in [-0.25, -0.2) is 0 Å². The van der Waals surface area contributed by atoms with Gasteiger partial charge in [0.1, 0.15) is 0 Å². The molecule has 0 aliphatic heterocycles. The van der Waals surface area contributed by atoms with E-state index in [1.165, 1.54) is 22.3 Å². The third-order valence-electron chi connectivity index (χ3n) is 5.39. The molecule has 27 heavy (non-hydrogen) atoms. The summed E-state index contributed by atoms with van der Waals surface area (Å²) in [7, 11) is 0. The van der Waals surface area contributed by atoms with Gasteiger partial charge in [0.15, 0.2) is 0 Å². The van der Waals surface area contributed by atoms with Crippen LogP contribution >= 0.6 is 37.2 Å². The Hall–Kier alpha value is -1.02. The molecule has 1 aliphatic rings. The van der Waals surface area contributed by atoms with Crippen LogP contribution in [0.2, 0.25) is 0 Å². The van der Waals surface area contributed by atoms with Gasteiger partial charge < -0.3 is 0 Å². The zero-order chi connectivity index (χ0) is 16.6. The molecule has 0 bridgehead atoms. The van der Waals surface area contributed by atoms with Crippen molar-refractivity contribution < 1.29 is 20.4 Å². The van der Waals surface area contributed by atoms with Crippen LogP contribution in [0.25, 0.3) is 6.08 Å². The van der Waals surface area contributed by atoms with E-state index in [1.807, 2.05) is 0 Å². The molecule has 0 aromatic heterocycles. The minimum atomic E-state index is -0.140. The molecular formula is C23H22Cl3Ti. The van der Waals surface area contributed by atoms with Crippen LogP contribution in [0, 0.1) is 0 Å². The molecule has 4 heteroatoms. The van der Waals surface area contributed by atoms with Gasteiger partial charge in [-0.2, -0.15) is 0 Å². The summed E-state index contributed by atoms with van der Waals surface area (Å²) in [6.07, 6.45) is 4.66. The number of benzene rings is 3.